The van der Waals surface area contributed by atoms with Crippen LogP contribution in [0.15, 0.2) is 36.4 Å². The maximum absolute atomic E-state index is 14.8. The summed E-state index contributed by atoms with van der Waals surface area (Å²) in [6.45, 7) is 15.8. The average molecular weight is 644 g/mol. The second kappa shape index (κ2) is 13.2. The number of benzene rings is 2. The molecule has 1 fully saturated rings. The number of piperidine rings is 1. The summed E-state index contributed by atoms with van der Waals surface area (Å²) in [6.07, 6.45) is 1.81. The first-order valence-electron chi connectivity index (χ1n) is 15.4. The number of aryl methyl sites for hydroxylation is 1. The number of nitrogens with zero attached hydrogens (tertiary/aromatic N) is 3. The zero-order valence-electron chi connectivity index (χ0n) is 26.5. The summed E-state index contributed by atoms with van der Waals surface area (Å²) in [5, 5.41) is 0.321. The van der Waals surface area contributed by atoms with E-state index in [-0.39, 0.29) is 18.6 Å². The Balaban J connectivity index is 1.27. The van der Waals surface area contributed by atoms with Crippen LogP contribution in [0.1, 0.15) is 65.7 Å². The van der Waals surface area contributed by atoms with E-state index in [0.717, 1.165) is 43.4 Å². The van der Waals surface area contributed by atoms with Gasteiger partial charge in [0.15, 0.2) is 17.2 Å². The molecule has 0 N–H and O–H groups in total. The third-order valence-electron chi connectivity index (χ3n) is 8.33. The number of hydrogen-bond acceptors (Lipinski definition) is 7. The van der Waals surface area contributed by atoms with Crippen molar-refractivity contribution in [2.24, 2.45) is 0 Å². The Morgan fingerprint density at radius 2 is 1.93 bits per heavy atom. The minimum atomic E-state index is -1.28. The molecule has 11 heteroatoms. The van der Waals surface area contributed by atoms with Crippen molar-refractivity contribution in [2.45, 2.75) is 84.3 Å². The summed E-state index contributed by atoms with van der Waals surface area (Å²) in [6, 6.07) is 11.5. The molecule has 0 radical (unpaired) electrons. The summed E-state index contributed by atoms with van der Waals surface area (Å²) in [4.78, 5) is 20.0. The molecule has 0 amide bonds. The molecular formula is C33H43ClFN3O5Si. The topological polar surface area (TPSA) is 75.0 Å². The number of likely N-dealkylation sites (tertiary alicyclic amines) is 1. The van der Waals surface area contributed by atoms with Crippen LogP contribution in [0.2, 0.25) is 30.7 Å². The van der Waals surface area contributed by atoms with Gasteiger partial charge in [-0.1, -0.05) is 43.4 Å². The van der Waals surface area contributed by atoms with E-state index in [9.17, 15) is 9.18 Å². The number of carbonyl (C=O) groups is 1. The van der Waals surface area contributed by atoms with Crippen molar-refractivity contribution in [3.8, 4) is 11.5 Å². The van der Waals surface area contributed by atoms with Gasteiger partial charge in [-0.2, -0.15) is 0 Å². The van der Waals surface area contributed by atoms with Crippen molar-refractivity contribution in [1.29, 1.82) is 0 Å². The first kappa shape index (κ1) is 32.5. The van der Waals surface area contributed by atoms with Gasteiger partial charge < -0.3 is 18.9 Å². The maximum atomic E-state index is 14.8. The minimum Gasteiger partial charge on any atom is -0.461 e. The number of rotatable bonds is 11. The van der Waals surface area contributed by atoms with Crippen LogP contribution < -0.4 is 9.47 Å². The number of imidazole rings is 1. The number of hydrogen-bond donors (Lipinski definition) is 0. The third-order valence-corrected chi connectivity index (χ3v) is 10.3. The zero-order valence-corrected chi connectivity index (χ0v) is 28.3. The zero-order chi connectivity index (χ0) is 31.6. The molecule has 1 aromatic heterocycles. The van der Waals surface area contributed by atoms with E-state index in [1.165, 1.54) is 6.07 Å². The van der Waals surface area contributed by atoms with E-state index in [1.807, 2.05) is 23.6 Å². The molecule has 2 aromatic carbocycles. The fourth-order valence-corrected chi connectivity index (χ4v) is 6.84. The lowest BCUT2D eigenvalue weighted by molar-refractivity contribution is -0.0712. The smallest absolute Gasteiger partial charge is 0.356 e. The molecular weight excluding hydrogens is 601 g/mol. The van der Waals surface area contributed by atoms with Crippen LogP contribution in [-0.4, -0.2) is 54.8 Å². The first-order valence-corrected chi connectivity index (χ1v) is 19.5. The predicted molar refractivity (Wildman–Crippen MR) is 171 cm³/mol. The van der Waals surface area contributed by atoms with E-state index in [1.54, 1.807) is 26.0 Å². The third kappa shape index (κ3) is 7.14. The summed E-state index contributed by atoms with van der Waals surface area (Å²) in [5.41, 5.74) is 2.48. The predicted octanol–water partition coefficient (Wildman–Crippen LogP) is 7.50. The summed E-state index contributed by atoms with van der Waals surface area (Å²) >= 11 is 5.98. The average Bonchev–Trinajstić information content (AvgIpc) is 3.46. The van der Waals surface area contributed by atoms with E-state index >= 15 is 0 Å². The molecule has 3 aromatic rings. The Hall–Kier alpha value is -2.92. The molecule has 2 aliphatic rings. The van der Waals surface area contributed by atoms with Gasteiger partial charge in [-0.3, -0.25) is 9.47 Å². The minimum absolute atomic E-state index is 0.253. The number of ether oxygens (including phenoxy) is 4. The Bertz CT molecular complexity index is 1500. The molecule has 3 heterocycles. The van der Waals surface area contributed by atoms with Crippen LogP contribution in [0.25, 0.3) is 0 Å². The quantitative estimate of drug-likeness (QED) is 0.122. The second-order valence-electron chi connectivity index (χ2n) is 13.0. The van der Waals surface area contributed by atoms with Gasteiger partial charge in [-0.05, 0) is 76.0 Å². The van der Waals surface area contributed by atoms with Gasteiger partial charge in [0.1, 0.15) is 18.4 Å². The lowest BCUT2D eigenvalue weighted by Crippen LogP contribution is -2.34. The molecule has 44 heavy (non-hydrogen) atoms. The molecule has 5 rings (SSSR count). The van der Waals surface area contributed by atoms with Gasteiger partial charge in [0.2, 0.25) is 0 Å². The Kier molecular flexibility index (Phi) is 9.74. The molecule has 0 spiro atoms. The monoisotopic (exact) mass is 643 g/mol. The molecule has 0 bridgehead atoms. The standard InChI is InChI=1S/C33H43ClFN3O5Si/c1-7-41-32(39)30-22(2)36-29(38(30)21-40-17-18-44(4,5)6)20-37-15-13-23(14-16-37)25-9-8-10-28-31(25)43-33(3,42-28)26-12-11-24(34)19-27(26)35/h8-12,19,23H,7,13-18,20-21H2,1-6H3/t33-/m0/s1. The highest BCUT2D eigenvalue weighted by molar-refractivity contribution is 6.76. The van der Waals surface area contributed by atoms with Crippen molar-refractivity contribution in [1.82, 2.24) is 14.5 Å². The van der Waals surface area contributed by atoms with Crippen molar-refractivity contribution in [3.05, 3.63) is 75.6 Å². The molecule has 238 valence electrons. The summed E-state index contributed by atoms with van der Waals surface area (Å²) in [7, 11) is -1.25. The van der Waals surface area contributed by atoms with E-state index in [4.69, 9.17) is 35.5 Å². The van der Waals surface area contributed by atoms with Crippen LogP contribution in [-0.2, 0) is 28.5 Å². The van der Waals surface area contributed by atoms with Crippen molar-refractivity contribution < 1.29 is 28.1 Å². The summed E-state index contributed by atoms with van der Waals surface area (Å²) < 4.78 is 40.7. The van der Waals surface area contributed by atoms with Crippen molar-refractivity contribution in [3.63, 3.8) is 0 Å². The van der Waals surface area contributed by atoms with Crippen LogP contribution in [0.3, 0.4) is 0 Å². The lowest BCUT2D eigenvalue weighted by atomic mass is 9.88. The van der Waals surface area contributed by atoms with Crippen molar-refractivity contribution >= 4 is 25.6 Å². The molecule has 8 nitrogen and oxygen atoms in total. The molecule has 0 saturated carbocycles. The molecule has 2 aliphatic heterocycles. The fraction of sp³-hybridized carbons (Fsp3) is 0.515. The van der Waals surface area contributed by atoms with Crippen molar-refractivity contribution in [2.75, 3.05) is 26.3 Å². The van der Waals surface area contributed by atoms with Gasteiger partial charge in [-0.25, -0.2) is 14.2 Å². The van der Waals surface area contributed by atoms with E-state index in [0.29, 0.717) is 53.2 Å². The summed E-state index contributed by atoms with van der Waals surface area (Å²) in [5.74, 6) is 0.212. The largest absolute Gasteiger partial charge is 0.461 e. The Morgan fingerprint density at radius 3 is 2.61 bits per heavy atom. The van der Waals surface area contributed by atoms with Gasteiger partial charge in [-0.15, -0.1) is 0 Å². The maximum Gasteiger partial charge on any atom is 0.356 e. The Morgan fingerprint density at radius 1 is 1.18 bits per heavy atom. The number of halogens is 2. The highest BCUT2D eigenvalue weighted by Crippen LogP contribution is 2.49. The number of para-hydroxylation sites is 1. The number of fused-ring (bicyclic) bond motifs is 1. The molecule has 1 atom stereocenters. The highest BCUT2D eigenvalue weighted by atomic mass is 35.5. The highest BCUT2D eigenvalue weighted by Gasteiger charge is 2.43. The van der Waals surface area contributed by atoms with Crippen LogP contribution >= 0.6 is 11.6 Å². The second-order valence-corrected chi connectivity index (χ2v) is 19.0. The fourth-order valence-electron chi connectivity index (χ4n) is 5.92. The van der Waals surface area contributed by atoms with Crippen LogP contribution in [0.4, 0.5) is 4.39 Å². The van der Waals surface area contributed by atoms with E-state index < -0.39 is 19.7 Å². The van der Waals surface area contributed by atoms with E-state index in [2.05, 4.69) is 30.6 Å². The normalized spacial score (nSPS) is 19.0. The van der Waals surface area contributed by atoms with Gasteiger partial charge in [0.05, 0.1) is 24.4 Å². The van der Waals surface area contributed by atoms with Gasteiger partial charge >= 0.3 is 5.97 Å². The lowest BCUT2D eigenvalue weighted by Gasteiger charge is -2.32. The van der Waals surface area contributed by atoms with Crippen LogP contribution in [0.5, 0.6) is 11.5 Å². The van der Waals surface area contributed by atoms with Crippen LogP contribution in [0, 0.1) is 12.7 Å². The number of aromatic nitrogens is 2. The van der Waals surface area contributed by atoms with Gasteiger partial charge in [0, 0.05) is 32.2 Å². The van der Waals surface area contributed by atoms with Gasteiger partial charge in [0.25, 0.3) is 5.79 Å². The number of esters is 1. The number of carbonyl (C=O) groups excluding carboxylic acids is 1. The molecule has 1 saturated heterocycles. The molecule has 0 unspecified atom stereocenters. The Labute approximate surface area is 265 Å². The molecule has 0 aliphatic carbocycles. The first-order chi connectivity index (χ1) is 20.9. The SMILES string of the molecule is CCOC(=O)c1c(C)nc(CN2CCC(c3cccc4c3O[C@@](C)(c3ccc(Cl)cc3F)O4)CC2)n1COCC[Si](C)(C)C.